The first-order chi connectivity index (χ1) is 9.45. The Balaban J connectivity index is 3.04. The summed E-state index contributed by atoms with van der Waals surface area (Å²) < 4.78 is 10.3. The average Bonchev–Trinajstić information content (AvgIpc) is 2.37. The third kappa shape index (κ3) is 4.31. The SMILES string of the molecule is C=CCOC(=O)Nc1cccc(C(=O)O)c1OC(C)C. The lowest BCUT2D eigenvalue weighted by atomic mass is 10.1. The van der Waals surface area contributed by atoms with Crippen molar-refractivity contribution >= 4 is 17.7 Å². The molecule has 0 saturated heterocycles. The van der Waals surface area contributed by atoms with Gasteiger partial charge >= 0.3 is 12.1 Å². The number of aromatic carboxylic acids is 1. The number of para-hydroxylation sites is 1. The molecule has 0 aliphatic carbocycles. The zero-order valence-corrected chi connectivity index (χ0v) is 11.4. The van der Waals surface area contributed by atoms with Gasteiger partial charge in [-0.3, -0.25) is 5.32 Å². The Hall–Kier alpha value is -2.50. The number of nitrogens with one attached hydrogen (secondary N) is 1. The highest BCUT2D eigenvalue weighted by molar-refractivity contribution is 5.96. The molecule has 108 valence electrons. The van der Waals surface area contributed by atoms with E-state index in [2.05, 4.69) is 11.9 Å². The molecule has 0 saturated carbocycles. The van der Waals surface area contributed by atoms with E-state index in [1.54, 1.807) is 19.9 Å². The number of benzene rings is 1. The monoisotopic (exact) mass is 279 g/mol. The highest BCUT2D eigenvalue weighted by Crippen LogP contribution is 2.30. The van der Waals surface area contributed by atoms with Gasteiger partial charge in [-0.2, -0.15) is 0 Å². The Bertz CT molecular complexity index is 510. The van der Waals surface area contributed by atoms with Crippen LogP contribution in [0.5, 0.6) is 5.75 Å². The highest BCUT2D eigenvalue weighted by atomic mass is 16.5. The fourth-order valence-electron chi connectivity index (χ4n) is 1.45. The maximum Gasteiger partial charge on any atom is 0.412 e. The smallest absolute Gasteiger partial charge is 0.412 e. The van der Waals surface area contributed by atoms with Gasteiger partial charge in [-0.1, -0.05) is 18.7 Å². The number of rotatable bonds is 6. The first kappa shape index (κ1) is 15.6. The standard InChI is InChI=1S/C14H17NO5/c1-4-8-19-14(18)15-11-7-5-6-10(13(16)17)12(11)20-9(2)3/h4-7,9H,1,8H2,2-3H3,(H,15,18)(H,16,17). The van der Waals surface area contributed by atoms with Crippen molar-refractivity contribution in [2.75, 3.05) is 11.9 Å². The van der Waals surface area contributed by atoms with Crippen LogP contribution in [-0.4, -0.2) is 29.9 Å². The van der Waals surface area contributed by atoms with Gasteiger partial charge in [0.15, 0.2) is 5.75 Å². The number of carbonyl (C=O) groups excluding carboxylic acids is 1. The molecule has 0 spiro atoms. The van der Waals surface area contributed by atoms with E-state index < -0.39 is 12.1 Å². The Morgan fingerprint density at radius 2 is 2.15 bits per heavy atom. The van der Waals surface area contributed by atoms with Crippen molar-refractivity contribution in [3.05, 3.63) is 36.4 Å². The van der Waals surface area contributed by atoms with Crippen molar-refractivity contribution < 1.29 is 24.2 Å². The second-order valence-electron chi connectivity index (χ2n) is 4.17. The van der Waals surface area contributed by atoms with Crippen molar-refractivity contribution in [1.29, 1.82) is 0 Å². The van der Waals surface area contributed by atoms with E-state index in [1.807, 2.05) is 0 Å². The second kappa shape index (κ2) is 7.18. The fraction of sp³-hybridized carbons (Fsp3) is 0.286. The normalized spacial score (nSPS) is 9.95. The van der Waals surface area contributed by atoms with Gasteiger partial charge in [-0.25, -0.2) is 9.59 Å². The van der Waals surface area contributed by atoms with Crippen molar-refractivity contribution in [3.63, 3.8) is 0 Å². The third-order valence-corrected chi connectivity index (χ3v) is 2.17. The van der Waals surface area contributed by atoms with Crippen molar-refractivity contribution in [3.8, 4) is 5.75 Å². The van der Waals surface area contributed by atoms with E-state index in [9.17, 15) is 9.59 Å². The van der Waals surface area contributed by atoms with Crippen LogP contribution in [-0.2, 0) is 4.74 Å². The number of hydrogen-bond donors (Lipinski definition) is 2. The maximum absolute atomic E-state index is 11.5. The van der Waals surface area contributed by atoms with Crippen LogP contribution in [0.25, 0.3) is 0 Å². The Morgan fingerprint density at radius 3 is 2.70 bits per heavy atom. The first-order valence-electron chi connectivity index (χ1n) is 6.03. The minimum atomic E-state index is -1.14. The molecule has 1 amide bonds. The minimum Gasteiger partial charge on any atom is -0.488 e. The number of carboxylic acids is 1. The number of anilines is 1. The molecule has 1 aromatic carbocycles. The van der Waals surface area contributed by atoms with E-state index in [0.717, 1.165) is 0 Å². The number of carbonyl (C=O) groups is 2. The van der Waals surface area contributed by atoms with Crippen molar-refractivity contribution in [2.45, 2.75) is 20.0 Å². The summed E-state index contributed by atoms with van der Waals surface area (Å²) >= 11 is 0. The van der Waals surface area contributed by atoms with Crippen LogP contribution in [0.2, 0.25) is 0 Å². The van der Waals surface area contributed by atoms with Gasteiger partial charge in [0.05, 0.1) is 11.8 Å². The Labute approximate surface area is 117 Å². The molecular weight excluding hydrogens is 262 g/mol. The molecule has 20 heavy (non-hydrogen) atoms. The predicted molar refractivity (Wildman–Crippen MR) is 74.3 cm³/mol. The minimum absolute atomic E-state index is 0.0276. The highest BCUT2D eigenvalue weighted by Gasteiger charge is 2.18. The van der Waals surface area contributed by atoms with E-state index in [-0.39, 0.29) is 29.7 Å². The number of amides is 1. The Morgan fingerprint density at radius 1 is 1.45 bits per heavy atom. The van der Waals surface area contributed by atoms with Gasteiger partial charge in [0.25, 0.3) is 0 Å². The Kier molecular flexibility index (Phi) is 5.58. The lowest BCUT2D eigenvalue weighted by Gasteiger charge is -2.16. The topological polar surface area (TPSA) is 84.9 Å². The van der Waals surface area contributed by atoms with E-state index in [1.165, 1.54) is 18.2 Å². The molecule has 0 bridgehead atoms. The van der Waals surface area contributed by atoms with Crippen LogP contribution < -0.4 is 10.1 Å². The van der Waals surface area contributed by atoms with Crippen LogP contribution in [0.15, 0.2) is 30.9 Å². The summed E-state index contributed by atoms with van der Waals surface area (Å²) in [5, 5.41) is 11.6. The first-order valence-corrected chi connectivity index (χ1v) is 6.03. The molecule has 6 nitrogen and oxygen atoms in total. The third-order valence-electron chi connectivity index (χ3n) is 2.17. The summed E-state index contributed by atoms with van der Waals surface area (Å²) in [6, 6.07) is 4.46. The maximum atomic E-state index is 11.5. The number of ether oxygens (including phenoxy) is 2. The molecule has 0 aliphatic rings. The molecule has 0 radical (unpaired) electrons. The lowest BCUT2D eigenvalue weighted by molar-refractivity contribution is 0.0690. The second-order valence-corrected chi connectivity index (χ2v) is 4.17. The van der Waals surface area contributed by atoms with Crippen LogP contribution in [0, 0.1) is 0 Å². The van der Waals surface area contributed by atoms with Gasteiger partial charge in [0, 0.05) is 0 Å². The summed E-state index contributed by atoms with van der Waals surface area (Å²) in [5.74, 6) is -1.03. The molecule has 0 unspecified atom stereocenters. The zero-order chi connectivity index (χ0) is 15.1. The number of carboxylic acid groups (broad SMARTS) is 1. The molecule has 0 atom stereocenters. The van der Waals surface area contributed by atoms with Crippen LogP contribution in [0.4, 0.5) is 10.5 Å². The summed E-state index contributed by atoms with van der Waals surface area (Å²) in [4.78, 5) is 22.7. The summed E-state index contributed by atoms with van der Waals surface area (Å²) in [5.41, 5.74) is 0.216. The van der Waals surface area contributed by atoms with Crippen molar-refractivity contribution in [2.24, 2.45) is 0 Å². The molecule has 0 aliphatic heterocycles. The quantitative estimate of drug-likeness (QED) is 0.782. The lowest BCUT2D eigenvalue weighted by Crippen LogP contribution is -2.17. The molecule has 0 heterocycles. The summed E-state index contributed by atoms with van der Waals surface area (Å²) in [6.07, 6.45) is 0.486. The fourth-order valence-corrected chi connectivity index (χ4v) is 1.45. The molecule has 1 aromatic rings. The van der Waals surface area contributed by atoms with Gasteiger partial charge < -0.3 is 14.6 Å². The molecule has 0 fully saturated rings. The van der Waals surface area contributed by atoms with Gasteiger partial charge in [-0.15, -0.1) is 0 Å². The van der Waals surface area contributed by atoms with E-state index >= 15 is 0 Å². The average molecular weight is 279 g/mol. The summed E-state index contributed by atoms with van der Waals surface area (Å²) in [7, 11) is 0. The van der Waals surface area contributed by atoms with Crippen LogP contribution in [0.1, 0.15) is 24.2 Å². The molecule has 2 N–H and O–H groups in total. The van der Waals surface area contributed by atoms with Crippen molar-refractivity contribution in [1.82, 2.24) is 0 Å². The predicted octanol–water partition coefficient (Wildman–Crippen LogP) is 2.91. The molecule has 1 rings (SSSR count). The van der Waals surface area contributed by atoms with E-state index in [0.29, 0.717) is 0 Å². The van der Waals surface area contributed by atoms with Crippen LogP contribution >= 0.6 is 0 Å². The van der Waals surface area contributed by atoms with Gasteiger partial charge in [0.1, 0.15) is 12.2 Å². The molecule has 6 heteroatoms. The number of hydrogen-bond acceptors (Lipinski definition) is 4. The summed E-state index contributed by atoms with van der Waals surface area (Å²) in [6.45, 7) is 7.01. The van der Waals surface area contributed by atoms with Crippen LogP contribution in [0.3, 0.4) is 0 Å². The van der Waals surface area contributed by atoms with E-state index in [4.69, 9.17) is 14.6 Å². The molecular formula is C14H17NO5. The van der Waals surface area contributed by atoms with Gasteiger partial charge in [0.2, 0.25) is 0 Å². The zero-order valence-electron chi connectivity index (χ0n) is 11.4. The molecule has 0 aromatic heterocycles. The van der Waals surface area contributed by atoms with Gasteiger partial charge in [-0.05, 0) is 26.0 Å². The largest absolute Gasteiger partial charge is 0.488 e.